The van der Waals surface area contributed by atoms with Crippen molar-refractivity contribution < 1.29 is 4.79 Å². The Morgan fingerprint density at radius 2 is 2.00 bits per heavy atom. The van der Waals surface area contributed by atoms with Crippen LogP contribution in [0.2, 0.25) is 10.0 Å². The van der Waals surface area contributed by atoms with Gasteiger partial charge < -0.3 is 5.32 Å². The zero-order valence-electron chi connectivity index (χ0n) is 12.5. The van der Waals surface area contributed by atoms with E-state index in [2.05, 4.69) is 31.4 Å². The number of nitrogens with zero attached hydrogens (tertiary/aromatic N) is 4. The molecule has 124 valence electrons. The molecule has 1 N–H and O–H groups in total. The van der Waals surface area contributed by atoms with E-state index >= 15 is 0 Å². The molecule has 0 aliphatic carbocycles. The van der Waals surface area contributed by atoms with Gasteiger partial charge in [-0.1, -0.05) is 29.3 Å². The van der Waals surface area contributed by atoms with Crippen molar-refractivity contribution in [1.82, 2.24) is 19.6 Å². The van der Waals surface area contributed by atoms with Gasteiger partial charge in [-0.2, -0.15) is 10.2 Å². The topological polar surface area (TPSA) is 64.7 Å². The van der Waals surface area contributed by atoms with E-state index in [4.69, 9.17) is 23.2 Å². The van der Waals surface area contributed by atoms with Gasteiger partial charge in [0.1, 0.15) is 5.69 Å². The summed E-state index contributed by atoms with van der Waals surface area (Å²) in [6.45, 7) is 0.407. The number of hydrogen-bond donors (Lipinski definition) is 1. The van der Waals surface area contributed by atoms with Crippen LogP contribution in [-0.4, -0.2) is 25.5 Å². The second-order valence-corrected chi connectivity index (χ2v) is 6.69. The fourth-order valence-electron chi connectivity index (χ4n) is 2.20. The molecular formula is C15H12BrCl2N5O. The molecule has 0 atom stereocenters. The fourth-order valence-corrected chi connectivity index (χ4v) is 3.25. The molecule has 0 saturated carbocycles. The summed E-state index contributed by atoms with van der Waals surface area (Å²) >= 11 is 15.6. The second kappa shape index (κ2) is 6.96. The minimum absolute atomic E-state index is 0.303. The molecule has 1 amide bonds. The smallest absolute Gasteiger partial charge is 0.276 e. The molecule has 0 bridgehead atoms. The number of amides is 1. The first-order valence-corrected chi connectivity index (χ1v) is 8.46. The van der Waals surface area contributed by atoms with Crippen molar-refractivity contribution in [3.63, 3.8) is 0 Å². The van der Waals surface area contributed by atoms with Crippen molar-refractivity contribution in [1.29, 1.82) is 0 Å². The molecule has 9 heteroatoms. The van der Waals surface area contributed by atoms with Gasteiger partial charge in [-0.25, -0.2) is 0 Å². The van der Waals surface area contributed by atoms with Crippen LogP contribution in [0, 0.1) is 0 Å². The maximum Gasteiger partial charge on any atom is 0.276 e. The fraction of sp³-hybridized carbons (Fsp3) is 0.133. The lowest BCUT2D eigenvalue weighted by Gasteiger charge is -2.07. The maximum atomic E-state index is 12.3. The van der Waals surface area contributed by atoms with Gasteiger partial charge in [0.15, 0.2) is 5.82 Å². The molecule has 2 heterocycles. The molecular weight excluding hydrogens is 417 g/mol. The molecule has 0 aliphatic rings. The number of nitrogens with one attached hydrogen (secondary N) is 1. The summed E-state index contributed by atoms with van der Waals surface area (Å²) < 4.78 is 3.76. The predicted octanol–water partition coefficient (Wildman–Crippen LogP) is 3.99. The van der Waals surface area contributed by atoms with Gasteiger partial charge in [0.25, 0.3) is 5.91 Å². The summed E-state index contributed by atoms with van der Waals surface area (Å²) in [5.74, 6) is 0.124. The Balaban J connectivity index is 1.76. The molecule has 0 radical (unpaired) electrons. The number of carbonyl (C=O) groups excluding carboxylic acids is 1. The molecule has 0 unspecified atom stereocenters. The number of carbonyl (C=O) groups is 1. The summed E-state index contributed by atoms with van der Waals surface area (Å²) in [5, 5.41) is 12.2. The van der Waals surface area contributed by atoms with E-state index in [0.717, 1.165) is 5.56 Å². The number of anilines is 1. The van der Waals surface area contributed by atoms with Crippen LogP contribution in [-0.2, 0) is 13.6 Å². The lowest BCUT2D eigenvalue weighted by molar-refractivity contribution is 0.101. The van der Waals surface area contributed by atoms with Gasteiger partial charge in [0.2, 0.25) is 0 Å². The third-order valence-electron chi connectivity index (χ3n) is 3.37. The van der Waals surface area contributed by atoms with E-state index in [1.54, 1.807) is 48.4 Å². The van der Waals surface area contributed by atoms with Gasteiger partial charge in [-0.3, -0.25) is 14.2 Å². The molecule has 0 aliphatic heterocycles. The van der Waals surface area contributed by atoms with Gasteiger partial charge >= 0.3 is 0 Å². The van der Waals surface area contributed by atoms with Crippen molar-refractivity contribution in [2.45, 2.75) is 6.54 Å². The number of rotatable bonds is 4. The second-order valence-electron chi connectivity index (χ2n) is 5.02. The normalized spacial score (nSPS) is 10.8. The third kappa shape index (κ3) is 3.48. The van der Waals surface area contributed by atoms with Gasteiger partial charge in [-0.05, 0) is 28.1 Å². The molecule has 24 heavy (non-hydrogen) atoms. The van der Waals surface area contributed by atoms with Gasteiger partial charge in [0.05, 0.1) is 17.2 Å². The summed E-state index contributed by atoms with van der Waals surface area (Å²) in [6.07, 6.45) is 3.31. The summed E-state index contributed by atoms with van der Waals surface area (Å²) in [7, 11) is 1.69. The van der Waals surface area contributed by atoms with Crippen LogP contribution in [0.3, 0.4) is 0 Å². The maximum absolute atomic E-state index is 12.3. The molecule has 3 aromatic rings. The minimum atomic E-state index is -0.303. The Morgan fingerprint density at radius 1 is 1.29 bits per heavy atom. The van der Waals surface area contributed by atoms with Crippen LogP contribution < -0.4 is 5.32 Å². The Bertz CT molecular complexity index is 865. The van der Waals surface area contributed by atoms with Gasteiger partial charge in [-0.15, -0.1) is 0 Å². The molecule has 1 aromatic carbocycles. The first kappa shape index (κ1) is 17.0. The van der Waals surface area contributed by atoms with Crippen molar-refractivity contribution >= 4 is 50.9 Å². The third-order valence-corrected chi connectivity index (χ3v) is 4.66. The first-order valence-electron chi connectivity index (χ1n) is 6.91. The molecule has 3 rings (SSSR count). The van der Waals surface area contributed by atoms with Crippen LogP contribution in [0.4, 0.5) is 5.82 Å². The van der Waals surface area contributed by atoms with Crippen LogP contribution in [0.5, 0.6) is 0 Å². The standard InChI is InChI=1S/C15H12BrCl2N5O/c1-22-14(10(16)7-19-22)15(24)20-13-5-6-23(21-13)8-9-11(17)3-2-4-12(9)18/h2-7H,8H2,1H3,(H,20,21,24). The van der Waals surface area contributed by atoms with Crippen LogP contribution in [0.15, 0.2) is 41.1 Å². The van der Waals surface area contributed by atoms with E-state index in [-0.39, 0.29) is 5.91 Å². The average Bonchev–Trinajstić information content (AvgIpc) is 3.10. The highest BCUT2D eigenvalue weighted by atomic mass is 79.9. The molecule has 0 saturated heterocycles. The van der Waals surface area contributed by atoms with Crippen LogP contribution in [0.1, 0.15) is 16.1 Å². The highest BCUT2D eigenvalue weighted by Gasteiger charge is 2.16. The van der Waals surface area contributed by atoms with E-state index < -0.39 is 0 Å². The lowest BCUT2D eigenvalue weighted by Crippen LogP contribution is -2.17. The quantitative estimate of drug-likeness (QED) is 0.683. The zero-order chi connectivity index (χ0) is 17.3. The van der Waals surface area contributed by atoms with Gasteiger partial charge in [0, 0.05) is 34.9 Å². The van der Waals surface area contributed by atoms with Crippen molar-refractivity contribution in [2.75, 3.05) is 5.32 Å². The minimum Gasteiger partial charge on any atom is -0.304 e. The van der Waals surface area contributed by atoms with E-state index in [1.165, 1.54) is 4.68 Å². The van der Waals surface area contributed by atoms with E-state index in [9.17, 15) is 4.79 Å². The number of hydrogen-bond acceptors (Lipinski definition) is 3. The molecule has 0 spiro atoms. The predicted molar refractivity (Wildman–Crippen MR) is 96.7 cm³/mol. The van der Waals surface area contributed by atoms with Crippen molar-refractivity contribution in [2.24, 2.45) is 7.05 Å². The monoisotopic (exact) mass is 427 g/mol. The first-order chi connectivity index (χ1) is 11.5. The number of aromatic nitrogens is 4. The summed E-state index contributed by atoms with van der Waals surface area (Å²) in [4.78, 5) is 12.3. The largest absolute Gasteiger partial charge is 0.304 e. The van der Waals surface area contributed by atoms with Crippen LogP contribution in [0.25, 0.3) is 0 Å². The zero-order valence-corrected chi connectivity index (χ0v) is 15.6. The number of aryl methyl sites for hydroxylation is 1. The highest BCUT2D eigenvalue weighted by Crippen LogP contribution is 2.25. The number of benzene rings is 1. The SMILES string of the molecule is Cn1ncc(Br)c1C(=O)Nc1ccn(Cc2c(Cl)cccc2Cl)n1. The Hall–Kier alpha value is -1.83. The van der Waals surface area contributed by atoms with Crippen LogP contribution >= 0.6 is 39.1 Å². The summed E-state index contributed by atoms with van der Waals surface area (Å²) in [6, 6.07) is 7.03. The average molecular weight is 429 g/mol. The highest BCUT2D eigenvalue weighted by molar-refractivity contribution is 9.10. The Kier molecular flexibility index (Phi) is 4.93. The van der Waals surface area contributed by atoms with Crippen molar-refractivity contribution in [3.05, 3.63) is 62.4 Å². The Labute approximate surface area is 156 Å². The number of halogens is 3. The molecule has 6 nitrogen and oxygen atoms in total. The molecule has 2 aromatic heterocycles. The van der Waals surface area contributed by atoms with E-state index in [1.807, 2.05) is 0 Å². The molecule has 0 fully saturated rings. The van der Waals surface area contributed by atoms with E-state index in [0.29, 0.717) is 32.6 Å². The lowest BCUT2D eigenvalue weighted by atomic mass is 10.2. The summed E-state index contributed by atoms with van der Waals surface area (Å²) in [5.41, 5.74) is 1.19. The Morgan fingerprint density at radius 3 is 2.62 bits per heavy atom. The van der Waals surface area contributed by atoms with Crippen molar-refractivity contribution in [3.8, 4) is 0 Å².